The van der Waals surface area contributed by atoms with E-state index in [1.807, 2.05) is 48.5 Å². The van der Waals surface area contributed by atoms with Crippen LogP contribution in [-0.2, 0) is 17.6 Å². The molecule has 0 fully saturated rings. The molecular formula is C19H23NO2. The van der Waals surface area contributed by atoms with Gasteiger partial charge in [0, 0.05) is 0 Å². The van der Waals surface area contributed by atoms with E-state index in [1.54, 1.807) is 0 Å². The van der Waals surface area contributed by atoms with Gasteiger partial charge in [-0.15, -0.1) is 0 Å². The highest BCUT2D eigenvalue weighted by molar-refractivity contribution is 5.73. The Morgan fingerprint density at radius 1 is 0.955 bits per heavy atom. The number of benzene rings is 2. The molecule has 0 aliphatic heterocycles. The summed E-state index contributed by atoms with van der Waals surface area (Å²) in [5, 5.41) is 12.6. The average molecular weight is 297 g/mol. The standard InChI is InChI=1S/C19H23NO2/c1-15(12-16-8-4-2-5-9-16)14-20-18(19(21)22)13-17-10-6-3-7-11-17/h2-11,15,18,20H,12-14H2,1H3,(H,21,22)/t15?,18-/m1/s1. The van der Waals surface area contributed by atoms with Crippen molar-refractivity contribution >= 4 is 5.97 Å². The molecule has 0 aromatic heterocycles. The van der Waals surface area contributed by atoms with Gasteiger partial charge in [0.15, 0.2) is 0 Å². The first-order valence-corrected chi connectivity index (χ1v) is 7.69. The van der Waals surface area contributed by atoms with Gasteiger partial charge in [0.1, 0.15) is 6.04 Å². The Labute approximate surface area is 132 Å². The molecule has 0 bridgehead atoms. The minimum Gasteiger partial charge on any atom is -0.480 e. The van der Waals surface area contributed by atoms with E-state index in [-0.39, 0.29) is 0 Å². The van der Waals surface area contributed by atoms with Crippen LogP contribution in [0.5, 0.6) is 0 Å². The molecule has 0 amide bonds. The van der Waals surface area contributed by atoms with E-state index < -0.39 is 12.0 Å². The topological polar surface area (TPSA) is 49.3 Å². The first-order valence-electron chi connectivity index (χ1n) is 7.69. The van der Waals surface area contributed by atoms with Gasteiger partial charge in [-0.25, -0.2) is 0 Å². The summed E-state index contributed by atoms with van der Waals surface area (Å²) in [6.45, 7) is 2.83. The maximum Gasteiger partial charge on any atom is 0.321 e. The Kier molecular flexibility index (Phi) is 6.16. The molecule has 2 atom stereocenters. The summed E-state index contributed by atoms with van der Waals surface area (Å²) >= 11 is 0. The van der Waals surface area contributed by atoms with E-state index in [0.29, 0.717) is 18.9 Å². The molecule has 22 heavy (non-hydrogen) atoms. The highest BCUT2D eigenvalue weighted by atomic mass is 16.4. The third-order valence-electron chi connectivity index (χ3n) is 3.72. The molecule has 0 spiro atoms. The van der Waals surface area contributed by atoms with Crippen LogP contribution in [0.15, 0.2) is 60.7 Å². The molecule has 3 nitrogen and oxygen atoms in total. The van der Waals surface area contributed by atoms with Gasteiger partial charge in [-0.05, 0) is 36.4 Å². The predicted octanol–water partition coefficient (Wildman–Crippen LogP) is 3.15. The largest absolute Gasteiger partial charge is 0.480 e. The molecule has 2 rings (SSSR count). The summed E-state index contributed by atoms with van der Waals surface area (Å²) in [4.78, 5) is 11.4. The minimum atomic E-state index is -0.796. The Morgan fingerprint density at radius 2 is 1.45 bits per heavy atom. The molecule has 116 valence electrons. The Morgan fingerprint density at radius 3 is 1.95 bits per heavy atom. The summed E-state index contributed by atoms with van der Waals surface area (Å²) in [5.41, 5.74) is 2.32. The van der Waals surface area contributed by atoms with Crippen molar-refractivity contribution in [3.05, 3.63) is 71.8 Å². The fourth-order valence-corrected chi connectivity index (χ4v) is 2.53. The highest BCUT2D eigenvalue weighted by Gasteiger charge is 2.18. The lowest BCUT2D eigenvalue weighted by atomic mass is 10.00. The molecule has 2 aromatic carbocycles. The van der Waals surface area contributed by atoms with Crippen LogP contribution in [0.4, 0.5) is 0 Å². The number of nitrogens with one attached hydrogen (secondary N) is 1. The third-order valence-corrected chi connectivity index (χ3v) is 3.72. The first-order chi connectivity index (χ1) is 10.6. The van der Waals surface area contributed by atoms with Crippen LogP contribution in [-0.4, -0.2) is 23.7 Å². The van der Waals surface area contributed by atoms with Gasteiger partial charge < -0.3 is 10.4 Å². The quantitative estimate of drug-likeness (QED) is 0.787. The van der Waals surface area contributed by atoms with Crippen molar-refractivity contribution in [3.8, 4) is 0 Å². The maximum atomic E-state index is 11.4. The second-order valence-electron chi connectivity index (χ2n) is 5.78. The number of hydrogen-bond acceptors (Lipinski definition) is 2. The van der Waals surface area contributed by atoms with Crippen LogP contribution in [0.2, 0.25) is 0 Å². The van der Waals surface area contributed by atoms with Gasteiger partial charge >= 0.3 is 5.97 Å². The number of carbonyl (C=O) groups is 1. The monoisotopic (exact) mass is 297 g/mol. The van der Waals surface area contributed by atoms with Gasteiger partial charge in [-0.3, -0.25) is 4.79 Å². The molecule has 0 saturated carbocycles. The second-order valence-corrected chi connectivity index (χ2v) is 5.78. The van der Waals surface area contributed by atoms with Crippen molar-refractivity contribution in [2.24, 2.45) is 5.92 Å². The molecule has 1 unspecified atom stereocenters. The molecular weight excluding hydrogens is 274 g/mol. The maximum absolute atomic E-state index is 11.4. The highest BCUT2D eigenvalue weighted by Crippen LogP contribution is 2.09. The minimum absolute atomic E-state index is 0.389. The number of aliphatic carboxylic acids is 1. The van der Waals surface area contributed by atoms with Crippen molar-refractivity contribution in [3.63, 3.8) is 0 Å². The zero-order chi connectivity index (χ0) is 15.8. The normalized spacial score (nSPS) is 13.5. The molecule has 0 radical (unpaired) electrons. The zero-order valence-corrected chi connectivity index (χ0v) is 12.9. The molecule has 0 saturated heterocycles. The number of carboxylic acid groups (broad SMARTS) is 1. The Balaban J connectivity index is 1.85. The first kappa shape index (κ1) is 16.2. The van der Waals surface area contributed by atoms with Crippen molar-refractivity contribution in [1.82, 2.24) is 5.32 Å². The fraction of sp³-hybridized carbons (Fsp3) is 0.316. The number of rotatable bonds is 8. The fourth-order valence-electron chi connectivity index (χ4n) is 2.53. The van der Waals surface area contributed by atoms with E-state index in [4.69, 9.17) is 0 Å². The zero-order valence-electron chi connectivity index (χ0n) is 12.9. The Bertz CT molecular complexity index is 569. The lowest BCUT2D eigenvalue weighted by molar-refractivity contribution is -0.139. The van der Waals surface area contributed by atoms with Crippen LogP contribution in [0, 0.1) is 5.92 Å². The van der Waals surface area contributed by atoms with E-state index in [2.05, 4.69) is 24.4 Å². The predicted molar refractivity (Wildman–Crippen MR) is 88.9 cm³/mol. The smallest absolute Gasteiger partial charge is 0.321 e. The lowest BCUT2D eigenvalue weighted by Gasteiger charge is -2.18. The van der Waals surface area contributed by atoms with E-state index in [9.17, 15) is 9.90 Å². The molecule has 0 heterocycles. The molecule has 2 aromatic rings. The van der Waals surface area contributed by atoms with Crippen LogP contribution < -0.4 is 5.32 Å². The van der Waals surface area contributed by atoms with Gasteiger partial charge in [0.2, 0.25) is 0 Å². The molecule has 3 heteroatoms. The lowest BCUT2D eigenvalue weighted by Crippen LogP contribution is -2.41. The SMILES string of the molecule is CC(CN[C@H](Cc1ccccc1)C(=O)O)Cc1ccccc1. The molecule has 0 aliphatic rings. The van der Waals surface area contributed by atoms with Crippen LogP contribution in [0.3, 0.4) is 0 Å². The van der Waals surface area contributed by atoms with E-state index >= 15 is 0 Å². The van der Waals surface area contributed by atoms with Gasteiger partial charge in [-0.2, -0.15) is 0 Å². The summed E-state index contributed by atoms with van der Waals surface area (Å²) in [6, 6.07) is 19.5. The summed E-state index contributed by atoms with van der Waals surface area (Å²) in [6.07, 6.45) is 1.46. The second kappa shape index (κ2) is 8.35. The number of hydrogen-bond donors (Lipinski definition) is 2. The van der Waals surface area contributed by atoms with Crippen LogP contribution >= 0.6 is 0 Å². The third kappa shape index (κ3) is 5.34. The number of carboxylic acids is 1. The summed E-state index contributed by atoms with van der Waals surface area (Å²) in [7, 11) is 0. The van der Waals surface area contributed by atoms with Crippen molar-refractivity contribution < 1.29 is 9.90 Å². The Hall–Kier alpha value is -2.13. The van der Waals surface area contributed by atoms with Crippen LogP contribution in [0.25, 0.3) is 0 Å². The van der Waals surface area contributed by atoms with Gasteiger partial charge in [-0.1, -0.05) is 67.6 Å². The molecule has 0 aliphatic carbocycles. The van der Waals surface area contributed by atoms with E-state index in [0.717, 1.165) is 12.0 Å². The van der Waals surface area contributed by atoms with Gasteiger partial charge in [0.25, 0.3) is 0 Å². The van der Waals surface area contributed by atoms with Crippen molar-refractivity contribution in [2.75, 3.05) is 6.54 Å². The van der Waals surface area contributed by atoms with Crippen molar-refractivity contribution in [2.45, 2.75) is 25.8 Å². The van der Waals surface area contributed by atoms with E-state index in [1.165, 1.54) is 5.56 Å². The van der Waals surface area contributed by atoms with Crippen LogP contribution in [0.1, 0.15) is 18.1 Å². The summed E-state index contributed by atoms with van der Waals surface area (Å²) < 4.78 is 0. The molecule has 2 N–H and O–H groups in total. The van der Waals surface area contributed by atoms with Crippen molar-refractivity contribution in [1.29, 1.82) is 0 Å². The van der Waals surface area contributed by atoms with Gasteiger partial charge in [0.05, 0.1) is 0 Å². The summed E-state index contributed by atoms with van der Waals surface area (Å²) in [5.74, 6) is -0.407. The average Bonchev–Trinajstić information content (AvgIpc) is 2.53.